The van der Waals surface area contributed by atoms with Crippen LogP contribution in [-0.4, -0.2) is 33.3 Å². The lowest BCUT2D eigenvalue weighted by molar-refractivity contribution is 0.249. The van der Waals surface area contributed by atoms with Crippen LogP contribution in [-0.2, 0) is 0 Å². The molecular formula is C15H16ClN3OS2. The highest BCUT2D eigenvalue weighted by molar-refractivity contribution is 7.80. The largest absolute Gasteiger partial charge is 0.396 e. The molecule has 0 bridgehead atoms. The van der Waals surface area contributed by atoms with Crippen LogP contribution in [0.4, 0.5) is 0 Å². The molecule has 1 aliphatic rings. The third kappa shape index (κ3) is 3.10. The normalized spacial score (nSPS) is 21.2. The monoisotopic (exact) mass is 353 g/mol. The van der Waals surface area contributed by atoms with Crippen molar-refractivity contribution in [3.63, 3.8) is 0 Å². The van der Waals surface area contributed by atoms with E-state index >= 15 is 0 Å². The number of hydrogen-bond donors (Lipinski definition) is 2. The fourth-order valence-electron chi connectivity index (χ4n) is 2.68. The Morgan fingerprint density at radius 1 is 1.36 bits per heavy atom. The van der Waals surface area contributed by atoms with Crippen LogP contribution >= 0.6 is 35.2 Å². The van der Waals surface area contributed by atoms with Crippen LogP contribution in [0, 0.1) is 0 Å². The zero-order chi connectivity index (χ0) is 15.5. The zero-order valence-corrected chi connectivity index (χ0v) is 14.2. The Kier molecular flexibility index (Phi) is 4.93. The molecule has 22 heavy (non-hydrogen) atoms. The van der Waals surface area contributed by atoms with Gasteiger partial charge in [0, 0.05) is 24.2 Å². The van der Waals surface area contributed by atoms with Crippen molar-refractivity contribution < 1.29 is 5.11 Å². The van der Waals surface area contributed by atoms with Crippen LogP contribution in [0.3, 0.4) is 0 Å². The number of aliphatic hydroxyl groups excluding tert-OH is 1. The molecule has 2 aromatic rings. The first-order valence-electron chi connectivity index (χ1n) is 7.05. The number of nitrogens with zero attached hydrogens (tertiary/aromatic N) is 2. The molecule has 4 nitrogen and oxygen atoms in total. The van der Waals surface area contributed by atoms with E-state index in [9.17, 15) is 0 Å². The van der Waals surface area contributed by atoms with E-state index in [-0.39, 0.29) is 18.7 Å². The fraction of sp³-hybridized carbons (Fsp3) is 0.333. The maximum Gasteiger partial charge on any atom is 0.170 e. The summed E-state index contributed by atoms with van der Waals surface area (Å²) in [6, 6.07) is 9.85. The maximum atomic E-state index is 9.14. The number of rotatable bonds is 5. The summed E-state index contributed by atoms with van der Waals surface area (Å²) < 4.78 is 0.759. The number of halogens is 1. The first kappa shape index (κ1) is 15.7. The quantitative estimate of drug-likeness (QED) is 0.809. The predicted octanol–water partition coefficient (Wildman–Crippen LogP) is 3.15. The summed E-state index contributed by atoms with van der Waals surface area (Å²) in [4.78, 5) is 7.73. The van der Waals surface area contributed by atoms with Crippen LogP contribution in [0.25, 0.3) is 0 Å². The number of thiocarbonyl (C=S) groups is 1. The molecule has 7 heteroatoms. The Labute approximate surface area is 143 Å². The number of nitrogens with one attached hydrogen (secondary N) is 1. The van der Waals surface area contributed by atoms with Gasteiger partial charge in [-0.2, -0.15) is 0 Å². The molecular weight excluding hydrogens is 338 g/mol. The van der Waals surface area contributed by atoms with Crippen LogP contribution in [0.5, 0.6) is 0 Å². The molecule has 3 heterocycles. The summed E-state index contributed by atoms with van der Waals surface area (Å²) in [5.41, 5.74) is 0.950. The molecule has 2 aromatic heterocycles. The van der Waals surface area contributed by atoms with Gasteiger partial charge < -0.3 is 15.3 Å². The molecule has 3 rings (SSSR count). The van der Waals surface area contributed by atoms with Gasteiger partial charge in [-0.3, -0.25) is 4.98 Å². The summed E-state index contributed by atoms with van der Waals surface area (Å²) in [5.74, 6) is 0. The van der Waals surface area contributed by atoms with Crippen molar-refractivity contribution in [2.45, 2.75) is 18.5 Å². The highest BCUT2D eigenvalue weighted by atomic mass is 35.5. The van der Waals surface area contributed by atoms with Crippen molar-refractivity contribution in [2.24, 2.45) is 0 Å². The molecule has 1 saturated heterocycles. The number of aromatic nitrogens is 1. The van der Waals surface area contributed by atoms with E-state index in [4.69, 9.17) is 28.9 Å². The average molecular weight is 354 g/mol. The molecule has 0 spiro atoms. The Balaban J connectivity index is 1.96. The van der Waals surface area contributed by atoms with Crippen molar-refractivity contribution in [3.8, 4) is 0 Å². The van der Waals surface area contributed by atoms with E-state index in [0.717, 1.165) is 14.9 Å². The van der Waals surface area contributed by atoms with Gasteiger partial charge in [0.15, 0.2) is 5.11 Å². The van der Waals surface area contributed by atoms with Crippen LogP contribution in [0.1, 0.15) is 29.1 Å². The van der Waals surface area contributed by atoms with E-state index in [1.54, 1.807) is 17.5 Å². The van der Waals surface area contributed by atoms with E-state index in [2.05, 4.69) is 15.2 Å². The van der Waals surface area contributed by atoms with Crippen LogP contribution in [0.15, 0.2) is 36.5 Å². The molecule has 2 N–H and O–H groups in total. The van der Waals surface area contributed by atoms with Gasteiger partial charge in [-0.1, -0.05) is 17.7 Å². The standard InChI is InChI=1S/C15H16ClN3OS2/c16-12-6-5-11(22-12)14-13(10-4-1-2-7-17-10)18-15(21)19(14)8-3-9-20/h1-2,4-7,13-14,20H,3,8-9H2,(H,18,21)/t13-,14-/m0/s1. The molecule has 0 radical (unpaired) electrons. The molecule has 0 aliphatic carbocycles. The molecule has 0 unspecified atom stereocenters. The van der Waals surface area contributed by atoms with Crippen molar-refractivity contribution in [1.82, 2.24) is 15.2 Å². The van der Waals surface area contributed by atoms with Gasteiger partial charge in [0.1, 0.15) is 0 Å². The average Bonchev–Trinajstić information content (AvgIpc) is 3.09. The summed E-state index contributed by atoms with van der Waals surface area (Å²) in [6.07, 6.45) is 2.46. The predicted molar refractivity (Wildman–Crippen MR) is 93.2 cm³/mol. The SMILES string of the molecule is OCCCN1C(=S)N[C@@H](c2ccccn2)[C@@H]1c1ccc(Cl)s1. The maximum absolute atomic E-state index is 9.14. The van der Waals surface area contributed by atoms with E-state index in [1.165, 1.54) is 0 Å². The Bertz CT molecular complexity index is 649. The first-order chi connectivity index (χ1) is 10.7. The smallest absolute Gasteiger partial charge is 0.170 e. The minimum Gasteiger partial charge on any atom is -0.396 e. The third-order valence-electron chi connectivity index (χ3n) is 3.64. The van der Waals surface area contributed by atoms with Gasteiger partial charge in [0.25, 0.3) is 0 Å². The summed E-state index contributed by atoms with van der Waals surface area (Å²) in [7, 11) is 0. The first-order valence-corrected chi connectivity index (χ1v) is 8.65. The lowest BCUT2D eigenvalue weighted by Gasteiger charge is -2.26. The molecule has 0 amide bonds. The minimum atomic E-state index is -0.0119. The van der Waals surface area contributed by atoms with Gasteiger partial charge in [-0.15, -0.1) is 11.3 Å². The second kappa shape index (κ2) is 6.91. The molecule has 116 valence electrons. The van der Waals surface area contributed by atoms with Crippen LogP contribution in [0.2, 0.25) is 4.34 Å². The zero-order valence-electron chi connectivity index (χ0n) is 11.8. The van der Waals surface area contributed by atoms with Crippen molar-refractivity contribution in [3.05, 3.63) is 51.4 Å². The lowest BCUT2D eigenvalue weighted by Crippen LogP contribution is -2.30. The second-order valence-electron chi connectivity index (χ2n) is 5.04. The second-order valence-corrected chi connectivity index (χ2v) is 7.17. The Morgan fingerprint density at radius 3 is 2.86 bits per heavy atom. The summed E-state index contributed by atoms with van der Waals surface area (Å²) in [6.45, 7) is 0.844. The van der Waals surface area contributed by atoms with Gasteiger partial charge in [0.2, 0.25) is 0 Å². The number of thiophene rings is 1. The topological polar surface area (TPSA) is 48.4 Å². The van der Waals surface area contributed by atoms with Crippen molar-refractivity contribution in [1.29, 1.82) is 0 Å². The molecule has 1 fully saturated rings. The molecule has 2 atom stereocenters. The minimum absolute atomic E-state index is 0.0119. The van der Waals surface area contributed by atoms with E-state index in [0.29, 0.717) is 18.1 Å². The van der Waals surface area contributed by atoms with Gasteiger partial charge in [0.05, 0.1) is 22.1 Å². The lowest BCUT2D eigenvalue weighted by atomic mass is 10.0. The van der Waals surface area contributed by atoms with Crippen molar-refractivity contribution in [2.75, 3.05) is 13.2 Å². The van der Waals surface area contributed by atoms with Gasteiger partial charge >= 0.3 is 0 Å². The number of pyridine rings is 1. The Hall–Kier alpha value is -1.21. The third-order valence-corrected chi connectivity index (χ3v) is 5.29. The summed E-state index contributed by atoms with van der Waals surface area (Å²) >= 11 is 13.2. The summed E-state index contributed by atoms with van der Waals surface area (Å²) in [5, 5.41) is 13.2. The van der Waals surface area contributed by atoms with Gasteiger partial charge in [-0.05, 0) is 42.9 Å². The van der Waals surface area contributed by atoms with Gasteiger partial charge in [-0.25, -0.2) is 0 Å². The Morgan fingerprint density at radius 2 is 2.23 bits per heavy atom. The highest BCUT2D eigenvalue weighted by Gasteiger charge is 2.40. The highest BCUT2D eigenvalue weighted by Crippen LogP contribution is 2.42. The van der Waals surface area contributed by atoms with Crippen molar-refractivity contribution >= 4 is 40.3 Å². The number of hydrogen-bond acceptors (Lipinski definition) is 4. The van der Waals surface area contributed by atoms with E-state index in [1.807, 2.05) is 30.3 Å². The molecule has 1 aliphatic heterocycles. The van der Waals surface area contributed by atoms with Crippen LogP contribution < -0.4 is 5.32 Å². The molecule has 0 aromatic carbocycles. The molecule has 0 saturated carbocycles. The number of aliphatic hydroxyl groups is 1. The van der Waals surface area contributed by atoms with E-state index < -0.39 is 0 Å². The fourth-order valence-corrected chi connectivity index (χ4v) is 4.23.